The SMILES string of the molecule is COc1ccc(/C=C/C(=O)Nc2ccccc2-c2cccs2)cc1OC. The second-order valence-corrected chi connectivity index (χ2v) is 6.41. The van der Waals surface area contributed by atoms with Crippen molar-refractivity contribution < 1.29 is 14.3 Å². The third-order valence-corrected chi connectivity index (χ3v) is 4.71. The maximum atomic E-state index is 12.3. The van der Waals surface area contributed by atoms with E-state index in [-0.39, 0.29) is 5.91 Å². The van der Waals surface area contributed by atoms with Crippen molar-refractivity contribution in [1.82, 2.24) is 0 Å². The average molecular weight is 365 g/mol. The monoisotopic (exact) mass is 365 g/mol. The number of carbonyl (C=O) groups excluding carboxylic acids is 1. The lowest BCUT2D eigenvalue weighted by Crippen LogP contribution is -2.08. The molecule has 0 unspecified atom stereocenters. The van der Waals surface area contributed by atoms with Gasteiger partial charge in [0.1, 0.15) is 0 Å². The molecule has 0 spiro atoms. The van der Waals surface area contributed by atoms with Gasteiger partial charge < -0.3 is 14.8 Å². The molecule has 5 heteroatoms. The minimum absolute atomic E-state index is 0.191. The van der Waals surface area contributed by atoms with Crippen LogP contribution in [0.5, 0.6) is 11.5 Å². The van der Waals surface area contributed by atoms with Crippen molar-refractivity contribution in [2.24, 2.45) is 0 Å². The van der Waals surface area contributed by atoms with Crippen molar-refractivity contribution in [3.8, 4) is 21.9 Å². The first kappa shape index (κ1) is 17.8. The van der Waals surface area contributed by atoms with E-state index >= 15 is 0 Å². The first-order chi connectivity index (χ1) is 12.7. The third-order valence-electron chi connectivity index (χ3n) is 3.81. The topological polar surface area (TPSA) is 47.6 Å². The molecule has 0 aliphatic carbocycles. The van der Waals surface area contributed by atoms with Gasteiger partial charge in [-0.05, 0) is 41.3 Å². The Kier molecular flexibility index (Phi) is 5.71. The molecule has 1 amide bonds. The molecular weight excluding hydrogens is 346 g/mol. The molecule has 26 heavy (non-hydrogen) atoms. The summed E-state index contributed by atoms with van der Waals surface area (Å²) < 4.78 is 10.5. The summed E-state index contributed by atoms with van der Waals surface area (Å²) in [6.07, 6.45) is 3.25. The van der Waals surface area contributed by atoms with Crippen molar-refractivity contribution >= 4 is 29.0 Å². The van der Waals surface area contributed by atoms with E-state index in [9.17, 15) is 4.79 Å². The zero-order valence-corrected chi connectivity index (χ0v) is 15.4. The molecule has 0 bridgehead atoms. The predicted octanol–water partition coefficient (Wildman–Crippen LogP) is 5.08. The fourth-order valence-corrected chi connectivity index (χ4v) is 3.31. The van der Waals surface area contributed by atoms with Crippen molar-refractivity contribution in [2.45, 2.75) is 0 Å². The van der Waals surface area contributed by atoms with Gasteiger partial charge in [-0.15, -0.1) is 11.3 Å². The summed E-state index contributed by atoms with van der Waals surface area (Å²) in [7, 11) is 3.17. The number of rotatable bonds is 6. The predicted molar refractivity (Wildman–Crippen MR) is 107 cm³/mol. The van der Waals surface area contributed by atoms with Crippen molar-refractivity contribution in [2.75, 3.05) is 19.5 Å². The summed E-state index contributed by atoms with van der Waals surface area (Å²) in [4.78, 5) is 13.5. The molecule has 2 aromatic carbocycles. The largest absolute Gasteiger partial charge is 0.493 e. The highest BCUT2D eigenvalue weighted by atomic mass is 32.1. The molecule has 3 rings (SSSR count). The molecule has 4 nitrogen and oxygen atoms in total. The van der Waals surface area contributed by atoms with E-state index in [1.165, 1.54) is 6.08 Å². The number of hydrogen-bond acceptors (Lipinski definition) is 4. The summed E-state index contributed by atoms with van der Waals surface area (Å²) in [5.41, 5.74) is 2.65. The number of anilines is 1. The van der Waals surface area contributed by atoms with Gasteiger partial charge in [0.25, 0.3) is 0 Å². The standard InChI is InChI=1S/C21H19NO3S/c1-24-18-11-9-15(14-19(18)25-2)10-12-21(23)22-17-7-4-3-6-16(17)20-8-5-13-26-20/h3-14H,1-2H3,(H,22,23)/b12-10+. The van der Waals surface area contributed by atoms with Crippen molar-refractivity contribution in [3.05, 3.63) is 71.6 Å². The highest BCUT2D eigenvalue weighted by Crippen LogP contribution is 2.31. The lowest BCUT2D eigenvalue weighted by molar-refractivity contribution is -0.111. The normalized spacial score (nSPS) is 10.7. The van der Waals surface area contributed by atoms with Gasteiger partial charge in [-0.25, -0.2) is 0 Å². The molecule has 1 aromatic heterocycles. The number of nitrogens with one attached hydrogen (secondary N) is 1. The molecule has 0 aliphatic rings. The van der Waals surface area contributed by atoms with Crippen LogP contribution in [0.4, 0.5) is 5.69 Å². The summed E-state index contributed by atoms with van der Waals surface area (Å²) >= 11 is 1.64. The van der Waals surface area contributed by atoms with Crippen molar-refractivity contribution in [3.63, 3.8) is 0 Å². The highest BCUT2D eigenvalue weighted by molar-refractivity contribution is 7.13. The van der Waals surface area contributed by atoms with Crippen LogP contribution in [0.15, 0.2) is 66.1 Å². The van der Waals surface area contributed by atoms with Gasteiger partial charge in [-0.3, -0.25) is 4.79 Å². The molecular formula is C21H19NO3S. The van der Waals surface area contributed by atoms with Gasteiger partial charge in [-0.2, -0.15) is 0 Å². The number of hydrogen-bond donors (Lipinski definition) is 1. The number of methoxy groups -OCH3 is 2. The number of amides is 1. The quantitative estimate of drug-likeness (QED) is 0.619. The summed E-state index contributed by atoms with van der Waals surface area (Å²) in [6, 6.07) is 17.3. The Morgan fingerprint density at radius 1 is 1.00 bits per heavy atom. The highest BCUT2D eigenvalue weighted by Gasteiger charge is 2.07. The van der Waals surface area contributed by atoms with E-state index in [2.05, 4.69) is 5.32 Å². The minimum atomic E-state index is -0.191. The molecule has 0 atom stereocenters. The van der Waals surface area contributed by atoms with Gasteiger partial charge in [0.05, 0.1) is 14.2 Å². The van der Waals surface area contributed by atoms with E-state index in [1.807, 2.05) is 60.0 Å². The molecule has 1 N–H and O–H groups in total. The fraction of sp³-hybridized carbons (Fsp3) is 0.0952. The number of carbonyl (C=O) groups is 1. The van der Waals surface area contributed by atoms with Crippen LogP contribution in [0.3, 0.4) is 0 Å². The lowest BCUT2D eigenvalue weighted by Gasteiger charge is -2.09. The number of benzene rings is 2. The summed E-state index contributed by atoms with van der Waals surface area (Å²) in [6.45, 7) is 0. The number of thiophene rings is 1. The zero-order chi connectivity index (χ0) is 18.4. The number of ether oxygens (including phenoxy) is 2. The molecule has 132 valence electrons. The maximum absolute atomic E-state index is 12.3. The van der Waals surface area contributed by atoms with Crippen LogP contribution in [0.25, 0.3) is 16.5 Å². The fourth-order valence-electron chi connectivity index (χ4n) is 2.54. The molecule has 0 fully saturated rings. The van der Waals surface area contributed by atoms with Crippen LogP contribution >= 0.6 is 11.3 Å². The molecule has 0 aliphatic heterocycles. The zero-order valence-electron chi connectivity index (χ0n) is 14.6. The number of para-hydroxylation sites is 1. The molecule has 0 saturated heterocycles. The molecule has 0 radical (unpaired) electrons. The van der Waals surface area contributed by atoms with Crippen molar-refractivity contribution in [1.29, 1.82) is 0 Å². The van der Waals surface area contributed by atoms with Gasteiger partial charge in [0.2, 0.25) is 5.91 Å². The third kappa shape index (κ3) is 4.13. The smallest absolute Gasteiger partial charge is 0.248 e. The minimum Gasteiger partial charge on any atom is -0.493 e. The molecule has 0 saturated carbocycles. The van der Waals surface area contributed by atoms with E-state index in [0.717, 1.165) is 21.7 Å². The van der Waals surface area contributed by atoms with E-state index in [0.29, 0.717) is 11.5 Å². The first-order valence-corrected chi connectivity index (χ1v) is 8.93. The Labute approximate surface area is 156 Å². The Hall–Kier alpha value is -3.05. The molecule has 3 aromatic rings. The van der Waals surface area contributed by atoms with Crippen LogP contribution in [0, 0.1) is 0 Å². The van der Waals surface area contributed by atoms with Crippen LogP contribution in [-0.4, -0.2) is 20.1 Å². The lowest BCUT2D eigenvalue weighted by atomic mass is 10.1. The first-order valence-electron chi connectivity index (χ1n) is 8.05. The summed E-state index contributed by atoms with van der Waals surface area (Å²) in [5, 5.41) is 4.96. The van der Waals surface area contributed by atoms with Gasteiger partial charge in [0.15, 0.2) is 11.5 Å². The Bertz CT molecular complexity index is 917. The van der Waals surface area contributed by atoms with Gasteiger partial charge in [0, 0.05) is 22.2 Å². The van der Waals surface area contributed by atoms with Gasteiger partial charge in [-0.1, -0.05) is 30.3 Å². The van der Waals surface area contributed by atoms with Crippen LogP contribution in [0.1, 0.15) is 5.56 Å². The van der Waals surface area contributed by atoms with E-state index < -0.39 is 0 Å². The van der Waals surface area contributed by atoms with E-state index in [4.69, 9.17) is 9.47 Å². The Balaban J connectivity index is 1.75. The van der Waals surface area contributed by atoms with Gasteiger partial charge >= 0.3 is 0 Å². The Morgan fingerprint density at radius 3 is 2.54 bits per heavy atom. The van der Waals surface area contributed by atoms with Crippen LogP contribution in [0.2, 0.25) is 0 Å². The van der Waals surface area contributed by atoms with Crippen LogP contribution < -0.4 is 14.8 Å². The summed E-state index contributed by atoms with van der Waals surface area (Å²) in [5.74, 6) is 1.08. The van der Waals surface area contributed by atoms with Crippen LogP contribution in [-0.2, 0) is 4.79 Å². The second-order valence-electron chi connectivity index (χ2n) is 5.46. The Morgan fingerprint density at radius 2 is 1.81 bits per heavy atom. The second kappa shape index (κ2) is 8.36. The maximum Gasteiger partial charge on any atom is 0.248 e. The molecule has 1 heterocycles. The van der Waals surface area contributed by atoms with E-state index in [1.54, 1.807) is 31.6 Å². The average Bonchev–Trinajstić information content (AvgIpc) is 3.21.